The van der Waals surface area contributed by atoms with E-state index in [9.17, 15) is 23.2 Å². The van der Waals surface area contributed by atoms with Crippen molar-refractivity contribution >= 4 is 58.8 Å². The molecule has 13 nitrogen and oxygen atoms in total. The second-order valence-corrected chi connectivity index (χ2v) is 15.8. The van der Waals surface area contributed by atoms with Gasteiger partial charge < -0.3 is 29.7 Å². The summed E-state index contributed by atoms with van der Waals surface area (Å²) >= 11 is 0. The number of nitrogens with zero attached hydrogens (tertiary/aromatic N) is 5. The van der Waals surface area contributed by atoms with Crippen molar-refractivity contribution in [2.45, 2.75) is 78.0 Å². The second kappa shape index (κ2) is 18.3. The summed E-state index contributed by atoms with van der Waals surface area (Å²) in [4.78, 5) is 53.9. The fraction of sp³-hybridized carbons (Fsp3) is 0.356. The van der Waals surface area contributed by atoms with Gasteiger partial charge in [0, 0.05) is 60.0 Å². The minimum absolute atomic E-state index is 0.0757. The molecule has 0 spiro atoms. The van der Waals surface area contributed by atoms with Gasteiger partial charge in [0.2, 0.25) is 0 Å². The van der Waals surface area contributed by atoms with E-state index in [2.05, 4.69) is 25.2 Å². The number of carbonyl (C=O) groups is 3. The zero-order valence-electron chi connectivity index (χ0n) is 34.7. The minimum Gasteiger partial charge on any atom is -0.496 e. The third-order valence-corrected chi connectivity index (χ3v) is 10.6. The number of hydrogen-bond acceptors (Lipinski definition) is 12. The van der Waals surface area contributed by atoms with Crippen molar-refractivity contribution in [2.24, 2.45) is 5.92 Å². The van der Waals surface area contributed by atoms with Crippen molar-refractivity contribution in [3.05, 3.63) is 88.9 Å². The van der Waals surface area contributed by atoms with E-state index in [1.54, 1.807) is 76.4 Å². The number of benzene rings is 3. The van der Waals surface area contributed by atoms with Crippen molar-refractivity contribution < 1.29 is 37.4 Å². The Hall–Kier alpha value is -6.35. The van der Waals surface area contributed by atoms with Gasteiger partial charge in [-0.1, -0.05) is 24.3 Å². The Morgan fingerprint density at radius 3 is 2.23 bits per heavy atom. The number of amides is 1. The molecule has 1 aliphatic rings. The highest BCUT2D eigenvalue weighted by atomic mass is 19.3. The molecule has 314 valence electrons. The van der Waals surface area contributed by atoms with E-state index in [4.69, 9.17) is 19.6 Å². The fourth-order valence-corrected chi connectivity index (χ4v) is 7.61. The van der Waals surface area contributed by atoms with Crippen LogP contribution >= 0.6 is 0 Å². The lowest BCUT2D eigenvalue weighted by Gasteiger charge is -2.33. The smallest absolute Gasteiger partial charge is 0.420 e. The zero-order chi connectivity index (χ0) is 43.3. The number of rotatable bonds is 14. The molecule has 60 heavy (non-hydrogen) atoms. The molecule has 6 rings (SSSR count). The first kappa shape index (κ1) is 43.2. The number of aldehydes is 2. The highest BCUT2D eigenvalue weighted by Crippen LogP contribution is 2.41. The lowest BCUT2D eigenvalue weighted by molar-refractivity contribution is -0.112. The van der Waals surface area contributed by atoms with Crippen LogP contribution in [0.4, 0.5) is 36.5 Å². The summed E-state index contributed by atoms with van der Waals surface area (Å²) in [6.07, 6.45) is 3.94. The number of fused-ring (bicyclic) bond motifs is 1. The molecular weight excluding hydrogens is 773 g/mol. The lowest BCUT2D eigenvalue weighted by Crippen LogP contribution is -2.35. The fourth-order valence-electron chi connectivity index (χ4n) is 7.61. The molecule has 0 aliphatic heterocycles. The van der Waals surface area contributed by atoms with Crippen LogP contribution in [0, 0.1) is 18.3 Å². The third kappa shape index (κ3) is 9.26. The van der Waals surface area contributed by atoms with Crippen LogP contribution in [0.5, 0.6) is 11.5 Å². The van der Waals surface area contributed by atoms with E-state index in [1.807, 2.05) is 19.2 Å². The van der Waals surface area contributed by atoms with Crippen LogP contribution in [0.1, 0.15) is 85.8 Å². The van der Waals surface area contributed by atoms with Crippen molar-refractivity contribution in [1.29, 1.82) is 5.41 Å². The molecule has 0 unspecified atom stereocenters. The molecule has 2 heterocycles. The average Bonchev–Trinajstić information content (AvgIpc) is 3.23. The van der Waals surface area contributed by atoms with Crippen molar-refractivity contribution in [2.75, 3.05) is 31.5 Å². The van der Waals surface area contributed by atoms with Gasteiger partial charge in [-0.2, -0.15) is 0 Å². The summed E-state index contributed by atoms with van der Waals surface area (Å²) < 4.78 is 46.0. The van der Waals surface area contributed by atoms with E-state index in [0.29, 0.717) is 58.0 Å². The van der Waals surface area contributed by atoms with Crippen LogP contribution in [-0.4, -0.2) is 77.6 Å². The molecule has 1 fully saturated rings. The van der Waals surface area contributed by atoms with Crippen LogP contribution in [0.15, 0.2) is 60.8 Å². The number of ether oxygens (including phenoxy) is 3. The van der Waals surface area contributed by atoms with E-state index < -0.39 is 23.9 Å². The maximum Gasteiger partial charge on any atom is 0.420 e. The first-order chi connectivity index (χ1) is 28.7. The number of alkyl halides is 2. The molecule has 0 atom stereocenters. The van der Waals surface area contributed by atoms with Gasteiger partial charge in [-0.15, -0.1) is 0 Å². The van der Waals surface area contributed by atoms with Crippen LogP contribution < -0.4 is 19.7 Å². The molecule has 2 N–H and O–H groups in total. The molecule has 2 aromatic heterocycles. The summed E-state index contributed by atoms with van der Waals surface area (Å²) in [5.74, 6) is -0.291. The first-order valence-corrected chi connectivity index (χ1v) is 19.5. The number of hydrogen-bond donors (Lipinski definition) is 2. The summed E-state index contributed by atoms with van der Waals surface area (Å²) in [7, 11) is 4.88. The molecule has 3 aromatic carbocycles. The van der Waals surface area contributed by atoms with Gasteiger partial charge in [-0.05, 0) is 101 Å². The number of aromatic nitrogens is 3. The number of nitrogens with one attached hydrogen (secondary N) is 2. The molecule has 0 bridgehead atoms. The second-order valence-electron chi connectivity index (χ2n) is 15.8. The van der Waals surface area contributed by atoms with Gasteiger partial charge in [0.25, 0.3) is 6.43 Å². The first-order valence-electron chi connectivity index (χ1n) is 19.5. The van der Waals surface area contributed by atoms with E-state index in [-0.39, 0.29) is 40.1 Å². The molecule has 0 radical (unpaired) electrons. The van der Waals surface area contributed by atoms with Crippen LogP contribution in [0.2, 0.25) is 0 Å². The number of pyridine rings is 1. The van der Waals surface area contributed by atoms with Crippen molar-refractivity contribution in [3.8, 4) is 22.6 Å². The largest absolute Gasteiger partial charge is 0.496 e. The van der Waals surface area contributed by atoms with Gasteiger partial charge in [0.15, 0.2) is 17.9 Å². The number of halogens is 2. The Kier molecular flexibility index (Phi) is 13.2. The molecule has 0 saturated heterocycles. The van der Waals surface area contributed by atoms with Crippen LogP contribution in [0.25, 0.3) is 22.2 Å². The maximum atomic E-state index is 14.6. The van der Waals surface area contributed by atoms with Gasteiger partial charge in [0.05, 0.1) is 31.0 Å². The molecule has 1 saturated carbocycles. The third-order valence-electron chi connectivity index (χ3n) is 10.6. The topological polar surface area (TPSA) is 160 Å². The van der Waals surface area contributed by atoms with E-state index >= 15 is 0 Å². The Bertz CT molecular complexity index is 2390. The summed E-state index contributed by atoms with van der Waals surface area (Å²) in [5, 5.41) is 11.8. The van der Waals surface area contributed by atoms with Crippen LogP contribution in [0.3, 0.4) is 0 Å². The molecule has 1 amide bonds. The monoisotopic (exact) mass is 821 g/mol. The highest BCUT2D eigenvalue weighted by Gasteiger charge is 2.32. The van der Waals surface area contributed by atoms with Crippen LogP contribution in [-0.2, 0) is 16.1 Å². The average molecular weight is 822 g/mol. The van der Waals surface area contributed by atoms with Gasteiger partial charge in [-0.3, -0.25) is 14.7 Å². The normalized spacial score (nSPS) is 15.4. The SMILES string of the molecule is COc1cc(Nc2cccc(-c3cccc(N(C(=O)OC(C)(C)C)c4nc(C(F)F)nc5cc(CN(C)C6CCC(C=O)CC6)cnc45)c3C)c2C=N)cc(OC)c1C=O. The summed E-state index contributed by atoms with van der Waals surface area (Å²) in [6, 6.07) is 15.9. The quantitative estimate of drug-likeness (QED) is 0.0811. The van der Waals surface area contributed by atoms with Gasteiger partial charge in [0.1, 0.15) is 28.9 Å². The van der Waals surface area contributed by atoms with E-state index in [0.717, 1.165) is 42.4 Å². The zero-order valence-corrected chi connectivity index (χ0v) is 34.7. The van der Waals surface area contributed by atoms with Crippen molar-refractivity contribution in [3.63, 3.8) is 0 Å². The minimum atomic E-state index is -3.07. The lowest BCUT2D eigenvalue weighted by atomic mass is 9.86. The number of anilines is 4. The highest BCUT2D eigenvalue weighted by molar-refractivity contribution is 6.04. The standard InChI is InChI=1S/C45H49F2N7O6/c1-26-31(32-11-8-12-35(33(32)21-48)50-29-19-38(58-6)34(25-56)39(20-29)59-7)10-9-13-37(26)54(44(57)60-45(2,3)4)43-40-36(51-42(52-43)41(46)47)18-28(22-49-40)23-53(5)30-16-14-27(24-55)15-17-30/h8-13,18-22,24-25,27,30,41,48,50H,14-17,23H2,1-7H3. The van der Waals surface area contributed by atoms with E-state index in [1.165, 1.54) is 20.4 Å². The predicted octanol–water partition coefficient (Wildman–Crippen LogP) is 9.77. The predicted molar refractivity (Wildman–Crippen MR) is 227 cm³/mol. The summed E-state index contributed by atoms with van der Waals surface area (Å²) in [6.45, 7) is 7.36. The molecular formula is C45H49F2N7O6. The van der Waals surface area contributed by atoms with Gasteiger partial charge >= 0.3 is 6.09 Å². The number of methoxy groups -OCH3 is 2. The molecule has 5 aromatic rings. The van der Waals surface area contributed by atoms with Gasteiger partial charge in [-0.25, -0.2) is 28.4 Å². The molecule has 15 heteroatoms. The molecule has 1 aliphatic carbocycles. The Morgan fingerprint density at radius 2 is 1.63 bits per heavy atom. The Morgan fingerprint density at radius 1 is 0.967 bits per heavy atom. The maximum absolute atomic E-state index is 14.6. The Balaban J connectivity index is 1.45. The number of carbonyl (C=O) groups excluding carboxylic acids is 3. The Labute approximate surface area is 347 Å². The van der Waals surface area contributed by atoms with Crippen molar-refractivity contribution in [1.82, 2.24) is 19.9 Å². The summed E-state index contributed by atoms with van der Waals surface area (Å²) in [5.41, 5.74) is 3.90.